The number of nitrogens with zero attached hydrogens (tertiary/aromatic N) is 2. The SMILES string of the molecule is CCCn1nc(C)c(NC(=O)[C@@H](C)N)c1C. The molecule has 0 spiro atoms. The molecule has 0 aliphatic heterocycles. The van der Waals surface area contributed by atoms with Gasteiger partial charge in [0.2, 0.25) is 5.91 Å². The lowest BCUT2D eigenvalue weighted by Gasteiger charge is -2.08. The van der Waals surface area contributed by atoms with Gasteiger partial charge in [0, 0.05) is 6.54 Å². The van der Waals surface area contributed by atoms with Crippen molar-refractivity contribution in [3.05, 3.63) is 11.4 Å². The maximum Gasteiger partial charge on any atom is 0.241 e. The molecule has 90 valence electrons. The van der Waals surface area contributed by atoms with Crippen molar-refractivity contribution < 1.29 is 4.79 Å². The number of rotatable bonds is 4. The van der Waals surface area contributed by atoms with Crippen LogP contribution in [0.3, 0.4) is 0 Å². The summed E-state index contributed by atoms with van der Waals surface area (Å²) in [7, 11) is 0. The molecule has 16 heavy (non-hydrogen) atoms. The quantitative estimate of drug-likeness (QED) is 0.807. The maximum absolute atomic E-state index is 11.5. The molecule has 1 atom stereocenters. The average Bonchev–Trinajstić information content (AvgIpc) is 2.46. The predicted octanol–water partition coefficient (Wildman–Crippen LogP) is 1.20. The van der Waals surface area contributed by atoms with Crippen molar-refractivity contribution in [3.63, 3.8) is 0 Å². The molecule has 1 amide bonds. The third kappa shape index (κ3) is 2.61. The number of carbonyl (C=O) groups is 1. The van der Waals surface area contributed by atoms with Crippen molar-refractivity contribution in [2.24, 2.45) is 5.73 Å². The van der Waals surface area contributed by atoms with Gasteiger partial charge in [0.25, 0.3) is 0 Å². The molecule has 5 heteroatoms. The van der Waals surface area contributed by atoms with Crippen LogP contribution in [0.25, 0.3) is 0 Å². The number of amides is 1. The van der Waals surface area contributed by atoms with Crippen LogP contribution < -0.4 is 11.1 Å². The zero-order chi connectivity index (χ0) is 12.3. The average molecular weight is 224 g/mol. The number of hydrogen-bond donors (Lipinski definition) is 2. The zero-order valence-electron chi connectivity index (χ0n) is 10.4. The van der Waals surface area contributed by atoms with Gasteiger partial charge in [0.05, 0.1) is 23.1 Å². The molecule has 3 N–H and O–H groups in total. The van der Waals surface area contributed by atoms with Gasteiger partial charge in [-0.15, -0.1) is 0 Å². The van der Waals surface area contributed by atoms with Crippen LogP contribution in [0.5, 0.6) is 0 Å². The Bertz CT molecular complexity index is 382. The summed E-state index contributed by atoms with van der Waals surface area (Å²) in [5.74, 6) is -0.178. The number of nitrogens with two attached hydrogens (primary N) is 1. The van der Waals surface area contributed by atoms with Gasteiger partial charge < -0.3 is 11.1 Å². The van der Waals surface area contributed by atoms with Crippen LogP contribution >= 0.6 is 0 Å². The molecule has 0 aromatic carbocycles. The van der Waals surface area contributed by atoms with Crippen LogP contribution in [-0.2, 0) is 11.3 Å². The summed E-state index contributed by atoms with van der Waals surface area (Å²) in [6, 6.07) is -0.506. The Morgan fingerprint density at radius 2 is 2.19 bits per heavy atom. The lowest BCUT2D eigenvalue weighted by Crippen LogP contribution is -2.32. The van der Waals surface area contributed by atoms with Crippen LogP contribution in [0, 0.1) is 13.8 Å². The van der Waals surface area contributed by atoms with Crippen molar-refractivity contribution in [1.29, 1.82) is 0 Å². The van der Waals surface area contributed by atoms with E-state index in [1.54, 1.807) is 6.92 Å². The highest BCUT2D eigenvalue weighted by atomic mass is 16.2. The summed E-state index contributed by atoms with van der Waals surface area (Å²) >= 11 is 0. The molecule has 0 saturated heterocycles. The van der Waals surface area contributed by atoms with Gasteiger partial charge in [-0.2, -0.15) is 5.10 Å². The van der Waals surface area contributed by atoms with Crippen LogP contribution in [0.15, 0.2) is 0 Å². The lowest BCUT2D eigenvalue weighted by molar-refractivity contribution is -0.117. The van der Waals surface area contributed by atoms with E-state index in [-0.39, 0.29) is 5.91 Å². The van der Waals surface area contributed by atoms with E-state index in [0.29, 0.717) is 0 Å². The Morgan fingerprint density at radius 1 is 1.56 bits per heavy atom. The van der Waals surface area contributed by atoms with E-state index in [9.17, 15) is 4.79 Å². The molecule has 0 bridgehead atoms. The fraction of sp³-hybridized carbons (Fsp3) is 0.636. The molecule has 0 radical (unpaired) electrons. The minimum absolute atomic E-state index is 0.178. The Labute approximate surface area is 96.0 Å². The summed E-state index contributed by atoms with van der Waals surface area (Å²) in [5.41, 5.74) is 8.11. The van der Waals surface area contributed by atoms with Gasteiger partial charge in [0.15, 0.2) is 0 Å². The zero-order valence-corrected chi connectivity index (χ0v) is 10.4. The van der Waals surface area contributed by atoms with Crippen LogP contribution in [0.1, 0.15) is 31.7 Å². The Hall–Kier alpha value is -1.36. The number of aromatic nitrogens is 2. The highest BCUT2D eigenvalue weighted by Gasteiger charge is 2.15. The van der Waals surface area contributed by atoms with E-state index in [1.165, 1.54) is 0 Å². The Balaban J connectivity index is 2.92. The van der Waals surface area contributed by atoms with E-state index in [2.05, 4.69) is 17.3 Å². The topological polar surface area (TPSA) is 72.9 Å². The molecule has 1 aromatic rings. The first-order valence-electron chi connectivity index (χ1n) is 5.57. The second-order valence-electron chi connectivity index (χ2n) is 4.05. The molecule has 5 nitrogen and oxygen atoms in total. The van der Waals surface area contributed by atoms with Gasteiger partial charge in [-0.25, -0.2) is 0 Å². The summed E-state index contributed by atoms with van der Waals surface area (Å²) in [4.78, 5) is 11.5. The van der Waals surface area contributed by atoms with Crippen molar-refractivity contribution in [2.45, 2.75) is 46.7 Å². The normalized spacial score (nSPS) is 12.6. The second-order valence-corrected chi connectivity index (χ2v) is 4.05. The number of hydrogen-bond acceptors (Lipinski definition) is 3. The van der Waals surface area contributed by atoms with Crippen molar-refractivity contribution in [1.82, 2.24) is 9.78 Å². The van der Waals surface area contributed by atoms with Gasteiger partial charge in [0.1, 0.15) is 0 Å². The number of carbonyl (C=O) groups excluding carboxylic acids is 1. The van der Waals surface area contributed by atoms with Gasteiger partial charge >= 0.3 is 0 Å². The minimum atomic E-state index is -0.506. The van der Waals surface area contributed by atoms with E-state index in [4.69, 9.17) is 5.73 Å². The molecule has 0 aliphatic carbocycles. The number of anilines is 1. The first-order chi connectivity index (χ1) is 7.47. The van der Waals surface area contributed by atoms with E-state index < -0.39 is 6.04 Å². The van der Waals surface area contributed by atoms with Crippen LogP contribution in [-0.4, -0.2) is 21.7 Å². The number of nitrogens with one attached hydrogen (secondary N) is 1. The summed E-state index contributed by atoms with van der Waals surface area (Å²) in [6.07, 6.45) is 1.02. The molecular formula is C11H20N4O. The highest BCUT2D eigenvalue weighted by molar-refractivity contribution is 5.95. The van der Waals surface area contributed by atoms with Crippen LogP contribution in [0.2, 0.25) is 0 Å². The molecule has 1 aromatic heterocycles. The fourth-order valence-corrected chi connectivity index (χ4v) is 1.54. The summed E-state index contributed by atoms with van der Waals surface area (Å²) in [5, 5.41) is 7.18. The van der Waals surface area contributed by atoms with Crippen molar-refractivity contribution in [3.8, 4) is 0 Å². The highest BCUT2D eigenvalue weighted by Crippen LogP contribution is 2.19. The Morgan fingerprint density at radius 3 is 2.69 bits per heavy atom. The molecule has 1 heterocycles. The number of aryl methyl sites for hydroxylation is 2. The van der Waals surface area contributed by atoms with E-state index >= 15 is 0 Å². The van der Waals surface area contributed by atoms with Crippen molar-refractivity contribution in [2.75, 3.05) is 5.32 Å². The molecular weight excluding hydrogens is 204 g/mol. The summed E-state index contributed by atoms with van der Waals surface area (Å²) < 4.78 is 1.91. The smallest absolute Gasteiger partial charge is 0.241 e. The summed E-state index contributed by atoms with van der Waals surface area (Å²) in [6.45, 7) is 8.45. The third-order valence-corrected chi connectivity index (χ3v) is 2.48. The predicted molar refractivity (Wildman–Crippen MR) is 64.3 cm³/mol. The third-order valence-electron chi connectivity index (χ3n) is 2.48. The first-order valence-corrected chi connectivity index (χ1v) is 5.57. The molecule has 1 rings (SSSR count). The standard InChI is InChI=1S/C11H20N4O/c1-5-6-15-9(4)10(8(3)14-15)13-11(16)7(2)12/h7H,5-6,12H2,1-4H3,(H,13,16)/t7-/m1/s1. The second kappa shape index (κ2) is 5.12. The van der Waals surface area contributed by atoms with E-state index in [1.807, 2.05) is 18.5 Å². The molecule has 0 unspecified atom stereocenters. The van der Waals surface area contributed by atoms with Crippen molar-refractivity contribution >= 4 is 11.6 Å². The maximum atomic E-state index is 11.5. The molecule has 0 aliphatic rings. The van der Waals surface area contributed by atoms with E-state index in [0.717, 1.165) is 30.0 Å². The van der Waals surface area contributed by atoms with Gasteiger partial charge in [-0.1, -0.05) is 6.92 Å². The lowest BCUT2D eigenvalue weighted by atomic mass is 10.2. The van der Waals surface area contributed by atoms with Crippen LogP contribution in [0.4, 0.5) is 5.69 Å². The fourth-order valence-electron chi connectivity index (χ4n) is 1.54. The first kappa shape index (κ1) is 12.7. The largest absolute Gasteiger partial charge is 0.322 e. The van der Waals surface area contributed by atoms with Gasteiger partial charge in [-0.3, -0.25) is 9.48 Å². The molecule has 0 fully saturated rings. The Kier molecular flexibility index (Phi) is 4.06. The molecule has 0 saturated carbocycles. The van der Waals surface area contributed by atoms with Gasteiger partial charge in [-0.05, 0) is 27.2 Å². The monoisotopic (exact) mass is 224 g/mol. The minimum Gasteiger partial charge on any atom is -0.322 e.